The van der Waals surface area contributed by atoms with Crippen LogP contribution in [-0.2, 0) is 66.3 Å². The number of ether oxygens (including phenoxy) is 16. The number of rotatable bonds is 44. The molecular weight excluding hydrogens is 1000 g/mol. The number of benzene rings is 5. The molecule has 0 radical (unpaired) electrons. The lowest BCUT2D eigenvalue weighted by molar-refractivity contribution is -0.0223. The molecule has 0 aliphatic rings. The third-order valence-corrected chi connectivity index (χ3v) is 11.3. The van der Waals surface area contributed by atoms with Gasteiger partial charge in [-0.25, -0.2) is 0 Å². The minimum Gasteiger partial charge on any atom is -0.488 e. The monoisotopic (exact) mass is 1080 g/mol. The molecule has 78 heavy (non-hydrogen) atoms. The second kappa shape index (κ2) is 41.8. The van der Waals surface area contributed by atoms with E-state index in [0.717, 1.165) is 55.3 Å². The van der Waals surface area contributed by atoms with Gasteiger partial charge < -0.3 is 75.8 Å². The third kappa shape index (κ3) is 27.1. The first-order valence-corrected chi connectivity index (χ1v) is 27.0. The molecule has 0 unspecified atom stereocenters. The van der Waals surface area contributed by atoms with Crippen LogP contribution in [0.4, 0.5) is 0 Å². The van der Waals surface area contributed by atoms with E-state index in [2.05, 4.69) is 47.9 Å². The van der Waals surface area contributed by atoms with E-state index in [1.807, 2.05) is 86.6 Å². The Morgan fingerprint density at radius 3 is 0.756 bits per heavy atom. The lowest BCUT2D eigenvalue weighted by atomic mass is 9.92. The van der Waals surface area contributed by atoms with Gasteiger partial charge in [0.1, 0.15) is 23.7 Å². The Balaban J connectivity index is 0.962. The van der Waals surface area contributed by atoms with E-state index < -0.39 is 0 Å². The smallest absolute Gasteiger partial charge is 0.119 e. The highest BCUT2D eigenvalue weighted by molar-refractivity contribution is 6.09. The first kappa shape index (κ1) is 63.6. The summed E-state index contributed by atoms with van der Waals surface area (Å²) in [6, 6.07) is 32.3. The van der Waals surface area contributed by atoms with Gasteiger partial charge in [-0.3, -0.25) is 0 Å². The highest BCUT2D eigenvalue weighted by atomic mass is 16.6. The van der Waals surface area contributed by atoms with Crippen LogP contribution in [0.15, 0.2) is 97.1 Å². The lowest BCUT2D eigenvalue weighted by Gasteiger charge is -2.15. The van der Waals surface area contributed by atoms with Crippen LogP contribution < -0.4 is 9.47 Å². The molecule has 0 aliphatic heterocycles. The molecule has 0 saturated heterocycles. The first-order valence-electron chi connectivity index (χ1n) is 27.0. The number of hydrogen-bond donors (Lipinski definition) is 0. The zero-order valence-corrected chi connectivity index (χ0v) is 46.3. The van der Waals surface area contributed by atoms with E-state index in [1.54, 1.807) is 14.2 Å². The van der Waals surface area contributed by atoms with Crippen molar-refractivity contribution in [2.24, 2.45) is 0 Å². The number of hydrogen-bond acceptors (Lipinski definition) is 16. The molecule has 0 saturated carbocycles. The molecule has 5 aromatic carbocycles. The summed E-state index contributed by atoms with van der Waals surface area (Å²) in [6.07, 6.45) is -0.293. The summed E-state index contributed by atoms with van der Waals surface area (Å²) in [7, 11) is 3.29. The highest BCUT2D eigenvalue weighted by Gasteiger charge is 2.12. The number of fused-ring (bicyclic) bond motifs is 2. The summed E-state index contributed by atoms with van der Waals surface area (Å²) in [6.45, 7) is 17.2. The zero-order valence-electron chi connectivity index (χ0n) is 46.3. The van der Waals surface area contributed by atoms with Gasteiger partial charge in [-0.15, -0.1) is 0 Å². The quantitative estimate of drug-likeness (QED) is 0.0212. The molecule has 0 fully saturated rings. The van der Waals surface area contributed by atoms with E-state index in [0.29, 0.717) is 172 Å². The molecule has 0 aromatic heterocycles. The summed E-state index contributed by atoms with van der Waals surface area (Å²) >= 11 is 0. The fraction of sp³-hybridized carbons (Fsp3) is 0.516. The van der Waals surface area contributed by atoms with Crippen LogP contribution in [0.25, 0.3) is 21.5 Å². The molecule has 0 amide bonds. The van der Waals surface area contributed by atoms with E-state index >= 15 is 0 Å². The summed E-state index contributed by atoms with van der Waals surface area (Å²) in [4.78, 5) is 0. The maximum Gasteiger partial charge on any atom is 0.119 e. The molecule has 0 aliphatic carbocycles. The number of methoxy groups -OCH3 is 2. The van der Waals surface area contributed by atoms with Crippen molar-refractivity contribution < 1.29 is 75.8 Å². The SMILES string of the molecule is COCCOCCOCCOCCOCCOCCOC[C@H](C)Oc1ccc(C#Cc2c3ccccc3c(C#Cc3ccc(O[C@@H](C)COCCOCCOCCOCCOCCOCCOC)cc3)c3ccccc23)cc1. The lowest BCUT2D eigenvalue weighted by Crippen LogP contribution is -2.21. The van der Waals surface area contributed by atoms with Crippen LogP contribution in [0, 0.1) is 23.7 Å². The van der Waals surface area contributed by atoms with Crippen LogP contribution in [0.2, 0.25) is 0 Å². The van der Waals surface area contributed by atoms with Gasteiger partial charge in [-0.2, -0.15) is 0 Å². The second-order valence-electron chi connectivity index (χ2n) is 17.5. The minimum absolute atomic E-state index is 0.147. The Bertz CT molecular complexity index is 2220. The molecule has 0 spiro atoms. The van der Waals surface area contributed by atoms with Gasteiger partial charge in [0.25, 0.3) is 0 Å². The molecule has 16 nitrogen and oxygen atoms in total. The predicted octanol–water partition coefficient (Wildman–Crippen LogP) is 7.82. The summed E-state index contributed by atoms with van der Waals surface area (Å²) in [5, 5.41) is 4.18. The summed E-state index contributed by atoms with van der Waals surface area (Å²) < 4.78 is 88.7. The van der Waals surface area contributed by atoms with Crippen molar-refractivity contribution in [3.8, 4) is 35.2 Å². The van der Waals surface area contributed by atoms with Crippen molar-refractivity contribution in [3.63, 3.8) is 0 Å². The molecule has 5 rings (SSSR count). The molecular formula is C62H82O16. The van der Waals surface area contributed by atoms with Crippen LogP contribution in [0.5, 0.6) is 11.5 Å². The Labute approximate surface area is 462 Å². The molecule has 2 atom stereocenters. The molecule has 0 bridgehead atoms. The van der Waals surface area contributed by atoms with Crippen molar-refractivity contribution in [1.29, 1.82) is 0 Å². The van der Waals surface area contributed by atoms with Crippen LogP contribution >= 0.6 is 0 Å². The maximum atomic E-state index is 6.12. The molecule has 0 heterocycles. The van der Waals surface area contributed by atoms with Crippen molar-refractivity contribution >= 4 is 21.5 Å². The molecule has 0 N–H and O–H groups in total. The molecule has 16 heteroatoms. The van der Waals surface area contributed by atoms with Gasteiger partial charge in [0.15, 0.2) is 0 Å². The van der Waals surface area contributed by atoms with Crippen LogP contribution in [-0.4, -0.2) is 198 Å². The zero-order chi connectivity index (χ0) is 54.8. The Hall–Kier alpha value is -5.22. The minimum atomic E-state index is -0.147. The van der Waals surface area contributed by atoms with Gasteiger partial charge >= 0.3 is 0 Å². The topological polar surface area (TPSA) is 148 Å². The summed E-state index contributed by atoms with van der Waals surface area (Å²) in [5.74, 6) is 15.3. The van der Waals surface area contributed by atoms with Crippen molar-refractivity contribution in [2.75, 3.05) is 186 Å². The van der Waals surface area contributed by atoms with E-state index in [1.165, 1.54) is 0 Å². The van der Waals surface area contributed by atoms with Crippen LogP contribution in [0.3, 0.4) is 0 Å². The normalized spacial score (nSPS) is 12.1. The second-order valence-corrected chi connectivity index (χ2v) is 17.5. The predicted molar refractivity (Wildman–Crippen MR) is 300 cm³/mol. The highest BCUT2D eigenvalue weighted by Crippen LogP contribution is 2.32. The first-order chi connectivity index (χ1) is 38.6. The maximum absolute atomic E-state index is 6.12. The van der Waals surface area contributed by atoms with E-state index in [4.69, 9.17) is 75.8 Å². The average molecular weight is 1080 g/mol. The van der Waals surface area contributed by atoms with Crippen molar-refractivity contribution in [1.82, 2.24) is 0 Å². The van der Waals surface area contributed by atoms with E-state index in [9.17, 15) is 0 Å². The molecule has 426 valence electrons. The standard InChI is InChI=1S/C62H82O16/c1-51(49-75-47-45-73-43-41-71-39-37-69-35-33-67-31-29-65-27-25-63-3)77-55-19-13-53(14-20-55)17-23-61-57-9-5-7-11-59(57)62(60-12-8-6-10-58(60)61)24-18-54-15-21-56(22-16-54)78-52(2)50-76-48-46-74-44-42-72-40-38-70-36-34-68-32-30-66-28-26-64-4/h5-16,19-22,51-52H,25-50H2,1-4H3/t51-,52-/m0/s1. The van der Waals surface area contributed by atoms with Gasteiger partial charge in [-0.1, -0.05) is 72.2 Å². The third-order valence-electron chi connectivity index (χ3n) is 11.3. The van der Waals surface area contributed by atoms with Gasteiger partial charge in [0.2, 0.25) is 0 Å². The van der Waals surface area contributed by atoms with Crippen molar-refractivity contribution in [3.05, 3.63) is 119 Å². The Morgan fingerprint density at radius 2 is 0.513 bits per heavy atom. The van der Waals surface area contributed by atoms with Crippen molar-refractivity contribution in [2.45, 2.75) is 26.1 Å². The van der Waals surface area contributed by atoms with Crippen LogP contribution in [0.1, 0.15) is 36.1 Å². The molecule has 5 aromatic rings. The summed E-state index contributed by atoms with van der Waals surface area (Å²) in [5.41, 5.74) is 3.67. The largest absolute Gasteiger partial charge is 0.488 e. The average Bonchev–Trinajstić information content (AvgIpc) is 3.52. The Kier molecular flexibility index (Phi) is 34.1. The van der Waals surface area contributed by atoms with Gasteiger partial charge in [0.05, 0.1) is 172 Å². The van der Waals surface area contributed by atoms with Gasteiger partial charge in [-0.05, 0) is 83.9 Å². The van der Waals surface area contributed by atoms with Gasteiger partial charge in [0, 0.05) is 36.5 Å². The van der Waals surface area contributed by atoms with E-state index in [-0.39, 0.29) is 12.2 Å². The fourth-order valence-electron chi connectivity index (χ4n) is 7.42. The Morgan fingerprint density at radius 1 is 0.282 bits per heavy atom. The fourth-order valence-corrected chi connectivity index (χ4v) is 7.42.